The molecule has 0 unspecified atom stereocenters. The molecule has 1 aromatic rings. The smallest absolute Gasteiger partial charge is 0.139 e. The highest BCUT2D eigenvalue weighted by Gasteiger charge is 2.11. The fraction of sp³-hybridized carbons (Fsp3) is 0.400. The van der Waals surface area contributed by atoms with Crippen molar-refractivity contribution in [2.75, 3.05) is 13.6 Å². The summed E-state index contributed by atoms with van der Waals surface area (Å²) in [6.07, 6.45) is 1.22. The van der Waals surface area contributed by atoms with Crippen LogP contribution in [0.2, 0.25) is 0 Å². The maximum atomic E-state index is 2.37. The van der Waals surface area contributed by atoms with Gasteiger partial charge in [-0.25, -0.2) is 0 Å². The lowest BCUT2D eigenvalue weighted by molar-refractivity contribution is 0.313. The van der Waals surface area contributed by atoms with E-state index >= 15 is 0 Å². The molecule has 0 spiro atoms. The summed E-state index contributed by atoms with van der Waals surface area (Å²) < 4.78 is 0. The van der Waals surface area contributed by atoms with Crippen LogP contribution in [0.1, 0.15) is 11.1 Å². The lowest BCUT2D eigenvalue weighted by atomic mass is 9.89. The van der Waals surface area contributed by atoms with Crippen LogP contribution in [0.3, 0.4) is 0 Å². The molecule has 1 aliphatic heterocycles. The maximum absolute atomic E-state index is 2.37. The van der Waals surface area contributed by atoms with E-state index in [-0.39, 0.29) is 0 Å². The minimum atomic E-state index is 1.12. The van der Waals surface area contributed by atoms with Crippen molar-refractivity contribution in [2.45, 2.75) is 13.0 Å². The van der Waals surface area contributed by atoms with Crippen molar-refractivity contribution in [3.63, 3.8) is 0 Å². The number of benzene rings is 1. The van der Waals surface area contributed by atoms with E-state index in [1.165, 1.54) is 24.0 Å². The summed E-state index contributed by atoms with van der Waals surface area (Å²) >= 11 is 0. The zero-order chi connectivity index (χ0) is 8.55. The molecule has 1 aromatic carbocycles. The van der Waals surface area contributed by atoms with Crippen LogP contribution in [0.25, 0.3) is 0 Å². The van der Waals surface area contributed by atoms with Crippen LogP contribution in [0.15, 0.2) is 18.2 Å². The SMILES string of the molecule is Bc1ccc2c(c1)CCN(C)C2. The Balaban J connectivity index is 2.37. The zero-order valence-electron chi connectivity index (χ0n) is 7.80. The molecule has 1 aliphatic rings. The minimum absolute atomic E-state index is 1.12. The predicted octanol–water partition coefficient (Wildman–Crippen LogP) is -0.0671. The molecular weight excluding hydrogens is 145 g/mol. The summed E-state index contributed by atoms with van der Waals surface area (Å²) in [5.41, 5.74) is 4.45. The third kappa shape index (κ3) is 1.39. The van der Waals surface area contributed by atoms with Gasteiger partial charge in [-0.05, 0) is 24.6 Å². The van der Waals surface area contributed by atoms with Crippen molar-refractivity contribution < 1.29 is 0 Å². The molecule has 0 saturated heterocycles. The predicted molar refractivity (Wildman–Crippen MR) is 54.7 cm³/mol. The summed E-state index contributed by atoms with van der Waals surface area (Å²) in [5.74, 6) is 0. The fourth-order valence-electron chi connectivity index (χ4n) is 1.82. The summed E-state index contributed by atoms with van der Waals surface area (Å²) in [6.45, 7) is 2.33. The first-order valence-corrected chi connectivity index (χ1v) is 4.52. The second-order valence-corrected chi connectivity index (χ2v) is 3.76. The van der Waals surface area contributed by atoms with Gasteiger partial charge in [0.05, 0.1) is 0 Å². The molecule has 2 heteroatoms. The van der Waals surface area contributed by atoms with E-state index < -0.39 is 0 Å². The monoisotopic (exact) mass is 159 g/mol. The summed E-state index contributed by atoms with van der Waals surface area (Å²) in [6, 6.07) is 6.79. The third-order valence-electron chi connectivity index (χ3n) is 2.56. The van der Waals surface area contributed by atoms with E-state index in [1.54, 1.807) is 5.56 Å². The van der Waals surface area contributed by atoms with Gasteiger partial charge in [0, 0.05) is 13.1 Å². The van der Waals surface area contributed by atoms with Gasteiger partial charge in [-0.1, -0.05) is 23.7 Å². The molecule has 0 saturated carbocycles. The Morgan fingerprint density at radius 1 is 1.33 bits per heavy atom. The largest absolute Gasteiger partial charge is 0.302 e. The molecule has 0 radical (unpaired) electrons. The third-order valence-corrected chi connectivity index (χ3v) is 2.56. The van der Waals surface area contributed by atoms with Gasteiger partial charge in [0.15, 0.2) is 0 Å². The average molecular weight is 159 g/mol. The maximum Gasteiger partial charge on any atom is 0.139 e. The van der Waals surface area contributed by atoms with Crippen LogP contribution >= 0.6 is 0 Å². The molecule has 0 amide bonds. The number of nitrogens with zero attached hydrogens (tertiary/aromatic N) is 1. The van der Waals surface area contributed by atoms with Crippen molar-refractivity contribution >= 4 is 13.3 Å². The van der Waals surface area contributed by atoms with E-state index in [9.17, 15) is 0 Å². The molecule has 0 aliphatic carbocycles. The van der Waals surface area contributed by atoms with Crippen LogP contribution in [0.5, 0.6) is 0 Å². The van der Waals surface area contributed by atoms with Gasteiger partial charge in [0.25, 0.3) is 0 Å². The Labute approximate surface area is 74.8 Å². The van der Waals surface area contributed by atoms with E-state index in [0.717, 1.165) is 6.54 Å². The van der Waals surface area contributed by atoms with E-state index in [0.29, 0.717) is 0 Å². The first-order chi connectivity index (χ1) is 5.75. The van der Waals surface area contributed by atoms with Gasteiger partial charge in [-0.3, -0.25) is 0 Å². The Hall–Kier alpha value is -0.755. The quantitative estimate of drug-likeness (QED) is 0.479. The number of fused-ring (bicyclic) bond motifs is 1. The molecular formula is C10H14BN. The second-order valence-electron chi connectivity index (χ2n) is 3.76. The normalized spacial score (nSPS) is 17.4. The Morgan fingerprint density at radius 2 is 2.17 bits per heavy atom. The second kappa shape index (κ2) is 2.94. The molecule has 2 rings (SSSR count). The molecule has 0 N–H and O–H groups in total. The molecule has 1 nitrogen and oxygen atoms in total. The lowest BCUT2D eigenvalue weighted by Crippen LogP contribution is -2.27. The Morgan fingerprint density at radius 3 is 3.00 bits per heavy atom. The highest BCUT2D eigenvalue weighted by Crippen LogP contribution is 2.15. The van der Waals surface area contributed by atoms with Crippen LogP contribution in [-0.4, -0.2) is 26.3 Å². The molecule has 0 atom stereocenters. The van der Waals surface area contributed by atoms with Crippen molar-refractivity contribution in [1.29, 1.82) is 0 Å². The van der Waals surface area contributed by atoms with Crippen molar-refractivity contribution in [3.8, 4) is 0 Å². The molecule has 0 fully saturated rings. The van der Waals surface area contributed by atoms with Gasteiger partial charge in [-0.2, -0.15) is 0 Å². The minimum Gasteiger partial charge on any atom is -0.302 e. The molecule has 62 valence electrons. The Kier molecular flexibility index (Phi) is 1.93. The van der Waals surface area contributed by atoms with Crippen LogP contribution in [-0.2, 0) is 13.0 Å². The number of likely N-dealkylation sites (N-methyl/N-ethyl adjacent to an activating group) is 1. The van der Waals surface area contributed by atoms with Crippen molar-refractivity contribution in [2.24, 2.45) is 0 Å². The summed E-state index contributed by atoms with van der Waals surface area (Å²) in [5, 5.41) is 0. The lowest BCUT2D eigenvalue weighted by Gasteiger charge is -2.25. The topological polar surface area (TPSA) is 3.24 Å². The number of hydrogen-bond donors (Lipinski definition) is 0. The van der Waals surface area contributed by atoms with Gasteiger partial charge in [0.2, 0.25) is 0 Å². The van der Waals surface area contributed by atoms with Crippen molar-refractivity contribution in [3.05, 3.63) is 29.3 Å². The van der Waals surface area contributed by atoms with E-state index in [1.807, 2.05) is 0 Å². The number of rotatable bonds is 0. The Bertz CT molecular complexity index is 296. The van der Waals surface area contributed by atoms with Gasteiger partial charge >= 0.3 is 0 Å². The summed E-state index contributed by atoms with van der Waals surface area (Å²) in [7, 11) is 4.35. The van der Waals surface area contributed by atoms with Crippen LogP contribution < -0.4 is 5.46 Å². The van der Waals surface area contributed by atoms with Crippen LogP contribution in [0, 0.1) is 0 Å². The first kappa shape index (κ1) is 7.87. The highest BCUT2D eigenvalue weighted by atomic mass is 15.1. The highest BCUT2D eigenvalue weighted by molar-refractivity contribution is 6.32. The molecule has 1 heterocycles. The standard InChI is InChI=1S/C10H14BN/c1-12-5-4-8-6-10(11)3-2-9(8)7-12/h2-3,6H,4-5,7,11H2,1H3. The van der Waals surface area contributed by atoms with E-state index in [4.69, 9.17) is 0 Å². The molecule has 12 heavy (non-hydrogen) atoms. The van der Waals surface area contributed by atoms with Crippen molar-refractivity contribution in [1.82, 2.24) is 4.90 Å². The van der Waals surface area contributed by atoms with Gasteiger partial charge < -0.3 is 4.90 Å². The van der Waals surface area contributed by atoms with Gasteiger partial charge in [0.1, 0.15) is 7.85 Å². The van der Waals surface area contributed by atoms with Gasteiger partial charge in [-0.15, -0.1) is 0 Å². The molecule has 0 aromatic heterocycles. The summed E-state index contributed by atoms with van der Waals surface area (Å²) in [4.78, 5) is 2.37. The zero-order valence-corrected chi connectivity index (χ0v) is 7.80. The van der Waals surface area contributed by atoms with Crippen LogP contribution in [0.4, 0.5) is 0 Å². The fourth-order valence-corrected chi connectivity index (χ4v) is 1.82. The first-order valence-electron chi connectivity index (χ1n) is 4.52. The average Bonchev–Trinajstić information content (AvgIpc) is 2.05. The van der Waals surface area contributed by atoms with E-state index in [2.05, 4.69) is 38.0 Å². The molecule has 0 bridgehead atoms. The number of hydrogen-bond acceptors (Lipinski definition) is 1.